The molecule has 1 N–H and O–H groups in total. The van der Waals surface area contributed by atoms with Crippen LogP contribution in [-0.2, 0) is 4.79 Å². The summed E-state index contributed by atoms with van der Waals surface area (Å²) in [4.78, 5) is 18.6. The van der Waals surface area contributed by atoms with E-state index in [1.54, 1.807) is 0 Å². The fourth-order valence-corrected chi connectivity index (χ4v) is 4.44. The van der Waals surface area contributed by atoms with Crippen molar-refractivity contribution in [1.29, 1.82) is 0 Å². The van der Waals surface area contributed by atoms with Gasteiger partial charge >= 0.3 is 5.97 Å². The second kappa shape index (κ2) is 7.12. The summed E-state index contributed by atoms with van der Waals surface area (Å²) in [5, 5.41) is 10.9. The first-order valence-corrected chi connectivity index (χ1v) is 9.45. The fraction of sp³-hybridized carbons (Fsp3) is 0.304. The Morgan fingerprint density at radius 3 is 2.63 bits per heavy atom. The van der Waals surface area contributed by atoms with E-state index in [4.69, 9.17) is 0 Å². The molecule has 1 aromatic heterocycles. The number of aliphatic carboxylic acids is 1. The van der Waals surface area contributed by atoms with Gasteiger partial charge in [-0.2, -0.15) is 0 Å². The molecule has 2 heterocycles. The Morgan fingerprint density at radius 1 is 1.15 bits per heavy atom. The fourth-order valence-electron chi connectivity index (χ4n) is 4.44. The SMILES string of the molecule is Cc1cc(C)cc(C(c2ccnc3ccccc23)N2CCCC2C(=O)O)c1. The molecule has 0 aliphatic carbocycles. The number of hydrogen-bond acceptors (Lipinski definition) is 3. The lowest BCUT2D eigenvalue weighted by Crippen LogP contribution is -2.39. The second-order valence-corrected chi connectivity index (χ2v) is 7.48. The quantitative estimate of drug-likeness (QED) is 0.745. The molecule has 4 nitrogen and oxygen atoms in total. The third-order valence-electron chi connectivity index (χ3n) is 5.45. The van der Waals surface area contributed by atoms with E-state index in [9.17, 15) is 9.90 Å². The number of aryl methyl sites for hydroxylation is 2. The molecule has 3 aromatic rings. The molecule has 2 atom stereocenters. The third-order valence-corrected chi connectivity index (χ3v) is 5.45. The number of fused-ring (bicyclic) bond motifs is 1. The highest BCUT2D eigenvalue weighted by Gasteiger charge is 2.37. The van der Waals surface area contributed by atoms with E-state index in [1.807, 2.05) is 30.5 Å². The van der Waals surface area contributed by atoms with Crippen molar-refractivity contribution in [3.8, 4) is 0 Å². The van der Waals surface area contributed by atoms with Crippen molar-refractivity contribution in [3.05, 3.63) is 77.0 Å². The molecule has 2 unspecified atom stereocenters. The summed E-state index contributed by atoms with van der Waals surface area (Å²) in [6.45, 7) is 4.97. The molecule has 1 aliphatic rings. The van der Waals surface area contributed by atoms with E-state index in [0.29, 0.717) is 6.42 Å². The number of rotatable bonds is 4. The Kier molecular flexibility index (Phi) is 4.66. The standard InChI is InChI=1S/C23H24N2O2/c1-15-12-16(2)14-17(13-15)22(25-11-5-8-21(25)23(26)27)19-9-10-24-20-7-4-3-6-18(19)20/h3-4,6-7,9-10,12-14,21-22H,5,8,11H2,1-2H3,(H,26,27). The van der Waals surface area contributed by atoms with E-state index in [-0.39, 0.29) is 6.04 Å². The zero-order valence-electron chi connectivity index (χ0n) is 15.7. The zero-order chi connectivity index (χ0) is 19.0. The summed E-state index contributed by atoms with van der Waals surface area (Å²) in [7, 11) is 0. The molecule has 1 fully saturated rings. The van der Waals surface area contributed by atoms with Gasteiger partial charge in [0.25, 0.3) is 0 Å². The number of likely N-dealkylation sites (tertiary alicyclic amines) is 1. The highest BCUT2D eigenvalue weighted by atomic mass is 16.4. The number of carboxylic acids is 1. The van der Waals surface area contributed by atoms with Gasteiger partial charge in [-0.05, 0) is 49.9 Å². The van der Waals surface area contributed by atoms with Crippen LogP contribution < -0.4 is 0 Å². The minimum absolute atomic E-state index is 0.0971. The Balaban J connectivity index is 1.94. The molecule has 0 spiro atoms. The Bertz CT molecular complexity index is 973. The predicted octanol–water partition coefficient (Wildman–Crippen LogP) is 4.49. The number of pyridine rings is 1. The summed E-state index contributed by atoms with van der Waals surface area (Å²) in [6.07, 6.45) is 3.43. The number of hydrogen-bond donors (Lipinski definition) is 1. The molecule has 4 heteroatoms. The summed E-state index contributed by atoms with van der Waals surface area (Å²) < 4.78 is 0. The molecule has 1 aliphatic heterocycles. The van der Waals surface area contributed by atoms with E-state index in [0.717, 1.165) is 35.0 Å². The molecule has 0 bridgehead atoms. The lowest BCUT2D eigenvalue weighted by Gasteiger charge is -2.33. The van der Waals surface area contributed by atoms with Gasteiger partial charge in [-0.15, -0.1) is 0 Å². The van der Waals surface area contributed by atoms with Gasteiger partial charge < -0.3 is 5.11 Å². The highest BCUT2D eigenvalue weighted by molar-refractivity contribution is 5.83. The van der Waals surface area contributed by atoms with Crippen LogP contribution in [0.15, 0.2) is 54.7 Å². The first-order valence-electron chi connectivity index (χ1n) is 9.45. The van der Waals surface area contributed by atoms with Crippen LogP contribution in [0, 0.1) is 13.8 Å². The highest BCUT2D eigenvalue weighted by Crippen LogP contribution is 2.38. The van der Waals surface area contributed by atoms with Crippen molar-refractivity contribution in [2.75, 3.05) is 6.54 Å². The average Bonchev–Trinajstić information content (AvgIpc) is 3.11. The van der Waals surface area contributed by atoms with Crippen molar-refractivity contribution >= 4 is 16.9 Å². The lowest BCUT2D eigenvalue weighted by molar-refractivity contribution is -0.142. The molecule has 27 heavy (non-hydrogen) atoms. The smallest absolute Gasteiger partial charge is 0.320 e. The summed E-state index contributed by atoms with van der Waals surface area (Å²) in [5.41, 5.74) is 5.60. The van der Waals surface area contributed by atoms with Crippen molar-refractivity contribution in [2.45, 2.75) is 38.8 Å². The van der Waals surface area contributed by atoms with Crippen LogP contribution >= 0.6 is 0 Å². The first kappa shape index (κ1) is 17.7. The minimum atomic E-state index is -0.736. The molecule has 138 valence electrons. The van der Waals surface area contributed by atoms with Crippen LogP contribution in [0.25, 0.3) is 10.9 Å². The molecule has 1 saturated heterocycles. The first-order chi connectivity index (χ1) is 13.0. The number of aromatic nitrogens is 1. The number of carbonyl (C=O) groups is 1. The summed E-state index contributed by atoms with van der Waals surface area (Å²) >= 11 is 0. The van der Waals surface area contributed by atoms with E-state index < -0.39 is 12.0 Å². The number of benzene rings is 2. The maximum absolute atomic E-state index is 11.9. The molecule has 0 amide bonds. The summed E-state index contributed by atoms with van der Waals surface area (Å²) in [5.74, 6) is -0.736. The van der Waals surface area contributed by atoms with Crippen molar-refractivity contribution in [3.63, 3.8) is 0 Å². The normalized spacial score (nSPS) is 18.7. The number of nitrogens with zero attached hydrogens (tertiary/aromatic N) is 2. The Morgan fingerprint density at radius 2 is 1.89 bits per heavy atom. The molecular weight excluding hydrogens is 336 g/mol. The van der Waals surface area contributed by atoms with Gasteiger partial charge in [0.1, 0.15) is 6.04 Å². The maximum atomic E-state index is 11.9. The van der Waals surface area contributed by atoms with E-state index in [1.165, 1.54) is 11.1 Å². The number of para-hydroxylation sites is 1. The lowest BCUT2D eigenvalue weighted by atomic mass is 9.91. The van der Waals surface area contributed by atoms with Gasteiger partial charge in [-0.1, -0.05) is 47.5 Å². The molecule has 0 radical (unpaired) electrons. The van der Waals surface area contributed by atoms with E-state index in [2.05, 4.69) is 48.0 Å². The zero-order valence-corrected chi connectivity index (χ0v) is 15.7. The second-order valence-electron chi connectivity index (χ2n) is 7.48. The van der Waals surface area contributed by atoms with Crippen LogP contribution in [0.2, 0.25) is 0 Å². The predicted molar refractivity (Wildman–Crippen MR) is 107 cm³/mol. The van der Waals surface area contributed by atoms with Crippen molar-refractivity contribution < 1.29 is 9.90 Å². The van der Waals surface area contributed by atoms with Gasteiger partial charge in [0.2, 0.25) is 0 Å². The molecule has 0 saturated carbocycles. The Hall–Kier alpha value is -2.72. The number of carboxylic acid groups (broad SMARTS) is 1. The monoisotopic (exact) mass is 360 g/mol. The van der Waals surface area contributed by atoms with Gasteiger partial charge in [0.15, 0.2) is 0 Å². The van der Waals surface area contributed by atoms with Crippen LogP contribution in [0.3, 0.4) is 0 Å². The Labute approximate surface area is 159 Å². The van der Waals surface area contributed by atoms with Gasteiger partial charge in [0.05, 0.1) is 11.6 Å². The van der Waals surface area contributed by atoms with Gasteiger partial charge in [0, 0.05) is 18.1 Å². The molecule has 2 aromatic carbocycles. The minimum Gasteiger partial charge on any atom is -0.480 e. The summed E-state index contributed by atoms with van der Waals surface area (Å²) in [6, 6.07) is 16.1. The third kappa shape index (κ3) is 3.33. The van der Waals surface area contributed by atoms with Crippen LogP contribution in [-0.4, -0.2) is 33.5 Å². The van der Waals surface area contributed by atoms with Crippen molar-refractivity contribution in [1.82, 2.24) is 9.88 Å². The van der Waals surface area contributed by atoms with Gasteiger partial charge in [-0.25, -0.2) is 0 Å². The van der Waals surface area contributed by atoms with Crippen LogP contribution in [0.1, 0.15) is 41.1 Å². The van der Waals surface area contributed by atoms with Gasteiger partial charge in [-0.3, -0.25) is 14.7 Å². The largest absolute Gasteiger partial charge is 0.480 e. The topological polar surface area (TPSA) is 53.4 Å². The molecular formula is C23H24N2O2. The van der Waals surface area contributed by atoms with Crippen molar-refractivity contribution in [2.24, 2.45) is 0 Å². The maximum Gasteiger partial charge on any atom is 0.320 e. The molecule has 4 rings (SSSR count). The van der Waals surface area contributed by atoms with E-state index >= 15 is 0 Å². The van der Waals surface area contributed by atoms with Crippen LogP contribution in [0.5, 0.6) is 0 Å². The average molecular weight is 360 g/mol. The van der Waals surface area contributed by atoms with Crippen LogP contribution in [0.4, 0.5) is 0 Å².